The predicted octanol–water partition coefficient (Wildman–Crippen LogP) is 4.64. The van der Waals surface area contributed by atoms with Gasteiger partial charge >= 0.3 is 0 Å². The highest BCUT2D eigenvalue weighted by atomic mass is 16.1. The summed E-state index contributed by atoms with van der Waals surface area (Å²) in [6.45, 7) is 0. The third kappa shape index (κ3) is 3.36. The Balaban J connectivity index is 1.75. The first-order valence-electron chi connectivity index (χ1n) is 7.11. The van der Waals surface area contributed by atoms with E-state index in [4.69, 9.17) is 0 Å². The second kappa shape index (κ2) is 6.64. The van der Waals surface area contributed by atoms with Crippen LogP contribution in [0.4, 0.5) is 0 Å². The van der Waals surface area contributed by atoms with Crippen molar-refractivity contribution in [1.29, 1.82) is 0 Å². The average Bonchev–Trinajstić information content (AvgIpc) is 2.61. The van der Waals surface area contributed by atoms with Crippen molar-refractivity contribution in [1.82, 2.24) is 4.98 Å². The predicted molar refractivity (Wildman–Crippen MR) is 89.5 cm³/mol. The molecule has 2 nitrogen and oxygen atoms in total. The summed E-state index contributed by atoms with van der Waals surface area (Å²) in [5.41, 5.74) is 3.84. The van der Waals surface area contributed by atoms with E-state index in [1.54, 1.807) is 24.5 Å². The summed E-state index contributed by atoms with van der Waals surface area (Å²) in [6, 6.07) is 21.5. The van der Waals surface area contributed by atoms with Gasteiger partial charge in [-0.3, -0.25) is 9.78 Å². The van der Waals surface area contributed by atoms with E-state index in [1.807, 2.05) is 54.6 Å². The topological polar surface area (TPSA) is 30.0 Å². The summed E-state index contributed by atoms with van der Waals surface area (Å²) in [5.74, 6) is -0.0107. The van der Waals surface area contributed by atoms with E-state index >= 15 is 0 Å². The highest BCUT2D eigenvalue weighted by molar-refractivity contribution is 6.07. The number of rotatable bonds is 4. The summed E-state index contributed by atoms with van der Waals surface area (Å²) < 4.78 is 0. The first-order chi connectivity index (χ1) is 10.8. The first kappa shape index (κ1) is 14.0. The van der Waals surface area contributed by atoms with Crippen molar-refractivity contribution in [3.63, 3.8) is 0 Å². The number of nitrogens with zero attached hydrogens (tertiary/aromatic N) is 1. The van der Waals surface area contributed by atoms with Gasteiger partial charge in [-0.1, -0.05) is 60.7 Å². The first-order valence-corrected chi connectivity index (χ1v) is 7.11. The molecule has 0 fully saturated rings. The van der Waals surface area contributed by atoms with Gasteiger partial charge in [-0.15, -0.1) is 0 Å². The van der Waals surface area contributed by atoms with E-state index in [2.05, 4.69) is 17.1 Å². The maximum Gasteiger partial charge on any atom is 0.185 e. The lowest BCUT2D eigenvalue weighted by atomic mass is 10.0. The second-order valence-corrected chi connectivity index (χ2v) is 4.93. The molecule has 0 saturated carbocycles. The Bertz CT molecular complexity index is 775. The number of carbonyl (C=O) groups excluding carboxylic acids is 1. The maximum atomic E-state index is 12.2. The molecule has 0 N–H and O–H groups in total. The van der Waals surface area contributed by atoms with Crippen molar-refractivity contribution in [3.8, 4) is 11.1 Å². The Morgan fingerprint density at radius 2 is 1.55 bits per heavy atom. The Morgan fingerprint density at radius 3 is 2.23 bits per heavy atom. The minimum absolute atomic E-state index is 0.0107. The molecule has 0 radical (unpaired) electrons. The van der Waals surface area contributed by atoms with Gasteiger partial charge in [-0.25, -0.2) is 0 Å². The zero-order valence-electron chi connectivity index (χ0n) is 12.0. The van der Waals surface area contributed by atoms with Crippen molar-refractivity contribution in [2.75, 3.05) is 0 Å². The fourth-order valence-corrected chi connectivity index (χ4v) is 2.20. The molecule has 3 aromatic rings. The number of hydrogen-bond donors (Lipinski definition) is 0. The van der Waals surface area contributed by atoms with Gasteiger partial charge in [-0.05, 0) is 34.9 Å². The molecule has 2 heteroatoms. The van der Waals surface area contributed by atoms with Crippen molar-refractivity contribution < 1.29 is 4.79 Å². The molecule has 22 heavy (non-hydrogen) atoms. The Labute approximate surface area is 129 Å². The summed E-state index contributed by atoms with van der Waals surface area (Å²) >= 11 is 0. The molecule has 0 bridgehead atoms. The lowest BCUT2D eigenvalue weighted by molar-refractivity contribution is 0.104. The number of pyridine rings is 1. The van der Waals surface area contributed by atoms with Crippen LogP contribution in [0.15, 0.2) is 85.2 Å². The monoisotopic (exact) mass is 285 g/mol. The number of aromatic nitrogens is 1. The van der Waals surface area contributed by atoms with E-state index in [1.165, 1.54) is 0 Å². The summed E-state index contributed by atoms with van der Waals surface area (Å²) in [5, 5.41) is 0. The van der Waals surface area contributed by atoms with Crippen molar-refractivity contribution >= 4 is 11.9 Å². The molecule has 106 valence electrons. The van der Waals surface area contributed by atoms with Crippen LogP contribution < -0.4 is 0 Å². The Kier molecular flexibility index (Phi) is 4.21. The SMILES string of the molecule is O=C(C=Cc1cccnc1)c1ccc(-c2ccccc2)cc1. The zero-order valence-corrected chi connectivity index (χ0v) is 12.0. The molecule has 0 spiro atoms. The molecule has 1 heterocycles. The largest absolute Gasteiger partial charge is 0.289 e. The lowest BCUT2D eigenvalue weighted by Gasteiger charge is -2.02. The smallest absolute Gasteiger partial charge is 0.185 e. The van der Waals surface area contributed by atoms with Gasteiger partial charge in [0.05, 0.1) is 0 Å². The van der Waals surface area contributed by atoms with Crippen LogP contribution in [0.3, 0.4) is 0 Å². The minimum Gasteiger partial charge on any atom is -0.289 e. The van der Waals surface area contributed by atoms with Gasteiger partial charge in [0.1, 0.15) is 0 Å². The summed E-state index contributed by atoms with van der Waals surface area (Å²) in [4.78, 5) is 16.2. The van der Waals surface area contributed by atoms with E-state index in [-0.39, 0.29) is 5.78 Å². The molecular weight excluding hydrogens is 270 g/mol. The highest BCUT2D eigenvalue weighted by Gasteiger charge is 2.02. The third-order valence-electron chi connectivity index (χ3n) is 3.39. The molecule has 2 aromatic carbocycles. The van der Waals surface area contributed by atoms with Gasteiger partial charge in [0.2, 0.25) is 0 Å². The molecule has 0 atom stereocenters. The van der Waals surface area contributed by atoms with Crippen LogP contribution in [0.25, 0.3) is 17.2 Å². The van der Waals surface area contributed by atoms with Crippen LogP contribution in [-0.2, 0) is 0 Å². The lowest BCUT2D eigenvalue weighted by Crippen LogP contribution is -1.93. The Morgan fingerprint density at radius 1 is 0.818 bits per heavy atom. The van der Waals surface area contributed by atoms with Crippen LogP contribution >= 0.6 is 0 Å². The van der Waals surface area contributed by atoms with E-state index in [9.17, 15) is 4.79 Å². The standard InChI is InChI=1S/C20H15NO/c22-20(13-8-16-5-4-14-21-15-16)19-11-9-18(10-12-19)17-6-2-1-3-7-17/h1-15H. The maximum absolute atomic E-state index is 12.2. The normalized spacial score (nSPS) is 10.7. The van der Waals surface area contributed by atoms with Gasteiger partial charge in [0.25, 0.3) is 0 Å². The van der Waals surface area contributed by atoms with Crippen LogP contribution in [0.1, 0.15) is 15.9 Å². The van der Waals surface area contributed by atoms with Gasteiger partial charge < -0.3 is 0 Å². The fraction of sp³-hybridized carbons (Fsp3) is 0. The molecule has 0 aliphatic carbocycles. The van der Waals surface area contributed by atoms with Crippen molar-refractivity contribution in [2.45, 2.75) is 0 Å². The minimum atomic E-state index is -0.0107. The van der Waals surface area contributed by atoms with E-state index in [0.29, 0.717) is 5.56 Å². The third-order valence-corrected chi connectivity index (χ3v) is 3.39. The molecule has 1 aromatic heterocycles. The highest BCUT2D eigenvalue weighted by Crippen LogP contribution is 2.19. The quantitative estimate of drug-likeness (QED) is 0.516. The number of carbonyl (C=O) groups is 1. The zero-order chi connectivity index (χ0) is 15.2. The number of allylic oxidation sites excluding steroid dienone is 1. The Hall–Kier alpha value is -3.00. The van der Waals surface area contributed by atoms with Crippen LogP contribution in [0.2, 0.25) is 0 Å². The number of benzene rings is 2. The van der Waals surface area contributed by atoms with Crippen LogP contribution in [0.5, 0.6) is 0 Å². The van der Waals surface area contributed by atoms with Crippen molar-refractivity contribution in [3.05, 3.63) is 96.3 Å². The van der Waals surface area contributed by atoms with Crippen LogP contribution in [-0.4, -0.2) is 10.8 Å². The molecule has 0 aliphatic heterocycles. The van der Waals surface area contributed by atoms with Crippen LogP contribution in [0, 0.1) is 0 Å². The van der Waals surface area contributed by atoms with E-state index < -0.39 is 0 Å². The average molecular weight is 285 g/mol. The summed E-state index contributed by atoms with van der Waals surface area (Å²) in [7, 11) is 0. The van der Waals surface area contributed by atoms with Crippen molar-refractivity contribution in [2.24, 2.45) is 0 Å². The molecule has 3 rings (SSSR count). The van der Waals surface area contributed by atoms with E-state index in [0.717, 1.165) is 16.7 Å². The molecule has 0 unspecified atom stereocenters. The van der Waals surface area contributed by atoms with Gasteiger partial charge in [0, 0.05) is 18.0 Å². The molecule has 0 aliphatic rings. The number of ketones is 1. The van der Waals surface area contributed by atoms with Gasteiger partial charge in [-0.2, -0.15) is 0 Å². The molecule has 0 saturated heterocycles. The molecule has 0 amide bonds. The number of hydrogen-bond acceptors (Lipinski definition) is 2. The van der Waals surface area contributed by atoms with Gasteiger partial charge in [0.15, 0.2) is 5.78 Å². The molecular formula is C20H15NO. The summed E-state index contributed by atoms with van der Waals surface area (Å²) in [6.07, 6.45) is 6.79. The fourth-order valence-electron chi connectivity index (χ4n) is 2.20. The second-order valence-electron chi connectivity index (χ2n) is 4.93.